The molecule has 2 aliphatic rings. The van der Waals surface area contributed by atoms with Crippen molar-refractivity contribution >= 4 is 5.78 Å². The minimum Gasteiger partial charge on any atom is -0.345 e. The molecule has 3 rings (SSSR count). The molecule has 0 N–H and O–H groups in total. The summed E-state index contributed by atoms with van der Waals surface area (Å²) in [5, 5.41) is 9.08. The van der Waals surface area contributed by atoms with Crippen molar-refractivity contribution in [3.8, 4) is 6.07 Å². The summed E-state index contributed by atoms with van der Waals surface area (Å²) >= 11 is 0. The summed E-state index contributed by atoms with van der Waals surface area (Å²) in [6, 6.07) is 4.94. The van der Waals surface area contributed by atoms with Crippen LogP contribution in [0.5, 0.6) is 0 Å². The molecule has 1 saturated heterocycles. The summed E-state index contributed by atoms with van der Waals surface area (Å²) in [7, 11) is 0. The van der Waals surface area contributed by atoms with E-state index in [-0.39, 0.29) is 11.7 Å². The van der Waals surface area contributed by atoms with Gasteiger partial charge in [-0.1, -0.05) is 6.42 Å². The van der Waals surface area contributed by atoms with Gasteiger partial charge in [-0.2, -0.15) is 5.26 Å². The van der Waals surface area contributed by atoms with Crippen LogP contribution in [-0.2, 0) is 0 Å². The molecule has 1 aliphatic carbocycles. The van der Waals surface area contributed by atoms with Crippen molar-refractivity contribution in [3.05, 3.63) is 23.0 Å². The standard InChI is InChI=1S/C20H29N3O/c1-15-12-19(20(24)14-22-10-4-3-5-11-22)16(2)23(15)18-8-6-17(13-21)7-9-18/h12,17-18H,3-11,14H2,1-2H3/t17-,18-. The first-order valence-corrected chi connectivity index (χ1v) is 9.43. The van der Waals surface area contributed by atoms with Gasteiger partial charge >= 0.3 is 0 Å². The van der Waals surface area contributed by atoms with Crippen LogP contribution in [0.1, 0.15) is 72.7 Å². The van der Waals surface area contributed by atoms with E-state index in [1.165, 1.54) is 25.0 Å². The topological polar surface area (TPSA) is 49.0 Å². The maximum Gasteiger partial charge on any atom is 0.178 e. The van der Waals surface area contributed by atoms with Gasteiger partial charge in [0.2, 0.25) is 0 Å². The molecule has 0 bridgehead atoms. The smallest absolute Gasteiger partial charge is 0.178 e. The summed E-state index contributed by atoms with van der Waals surface area (Å²) in [4.78, 5) is 15.1. The molecule has 24 heavy (non-hydrogen) atoms. The zero-order chi connectivity index (χ0) is 17.1. The zero-order valence-electron chi connectivity index (χ0n) is 15.1. The molecule has 1 aromatic heterocycles. The summed E-state index contributed by atoms with van der Waals surface area (Å²) in [5.74, 6) is 0.486. The van der Waals surface area contributed by atoms with Gasteiger partial charge in [0.25, 0.3) is 0 Å². The van der Waals surface area contributed by atoms with Crippen molar-refractivity contribution < 1.29 is 4.79 Å². The van der Waals surface area contributed by atoms with E-state index in [4.69, 9.17) is 5.26 Å². The predicted molar refractivity (Wildman–Crippen MR) is 95.1 cm³/mol. The largest absolute Gasteiger partial charge is 0.345 e. The van der Waals surface area contributed by atoms with Crippen molar-refractivity contribution in [2.75, 3.05) is 19.6 Å². The molecule has 0 aromatic carbocycles. The molecule has 1 saturated carbocycles. The van der Waals surface area contributed by atoms with Crippen molar-refractivity contribution in [1.82, 2.24) is 9.47 Å². The van der Waals surface area contributed by atoms with Crippen LogP contribution in [0.2, 0.25) is 0 Å². The van der Waals surface area contributed by atoms with Gasteiger partial charge in [0.15, 0.2) is 5.78 Å². The molecule has 0 amide bonds. The van der Waals surface area contributed by atoms with Crippen LogP contribution >= 0.6 is 0 Å². The maximum atomic E-state index is 12.8. The Balaban J connectivity index is 1.72. The molecule has 0 unspecified atom stereocenters. The minimum absolute atomic E-state index is 0.220. The highest BCUT2D eigenvalue weighted by molar-refractivity contribution is 5.99. The third-order valence-electron chi connectivity index (χ3n) is 5.85. The number of ketones is 1. The Labute approximate surface area is 145 Å². The van der Waals surface area contributed by atoms with Crippen LogP contribution in [0.15, 0.2) is 6.07 Å². The highest BCUT2D eigenvalue weighted by Crippen LogP contribution is 2.35. The normalized spacial score (nSPS) is 25.4. The molecule has 2 fully saturated rings. The third-order valence-corrected chi connectivity index (χ3v) is 5.85. The number of hydrogen-bond donors (Lipinski definition) is 0. The molecule has 130 valence electrons. The number of piperidine rings is 1. The van der Waals surface area contributed by atoms with E-state index in [1.54, 1.807) is 0 Å². The minimum atomic E-state index is 0.220. The van der Waals surface area contributed by atoms with Crippen molar-refractivity contribution in [3.63, 3.8) is 0 Å². The van der Waals surface area contributed by atoms with Gasteiger partial charge < -0.3 is 4.57 Å². The molecule has 0 atom stereocenters. The first-order valence-electron chi connectivity index (χ1n) is 9.43. The van der Waals surface area contributed by atoms with E-state index in [2.05, 4.69) is 35.5 Å². The lowest BCUT2D eigenvalue weighted by Crippen LogP contribution is -2.34. The van der Waals surface area contributed by atoms with Gasteiger partial charge in [0, 0.05) is 28.9 Å². The van der Waals surface area contributed by atoms with E-state index in [0.717, 1.165) is 50.0 Å². The van der Waals surface area contributed by atoms with Gasteiger partial charge in [-0.25, -0.2) is 0 Å². The summed E-state index contributed by atoms with van der Waals surface area (Å²) in [6.45, 7) is 6.88. The number of nitriles is 1. The Hall–Kier alpha value is -1.60. The monoisotopic (exact) mass is 327 g/mol. The molecular weight excluding hydrogens is 298 g/mol. The Morgan fingerprint density at radius 1 is 1.17 bits per heavy atom. The average molecular weight is 327 g/mol. The first kappa shape index (κ1) is 17.2. The van der Waals surface area contributed by atoms with Gasteiger partial charge in [-0.05, 0) is 71.5 Å². The Kier molecular flexibility index (Phi) is 5.40. The maximum absolute atomic E-state index is 12.8. The van der Waals surface area contributed by atoms with Crippen LogP contribution in [0, 0.1) is 31.1 Å². The fourth-order valence-corrected chi connectivity index (χ4v) is 4.49. The third kappa shape index (κ3) is 3.57. The number of rotatable bonds is 4. The van der Waals surface area contributed by atoms with E-state index in [9.17, 15) is 4.79 Å². The highest BCUT2D eigenvalue weighted by atomic mass is 16.1. The average Bonchev–Trinajstić information content (AvgIpc) is 2.90. The number of nitrogens with zero attached hydrogens (tertiary/aromatic N) is 3. The lowest BCUT2D eigenvalue weighted by atomic mass is 9.86. The number of aromatic nitrogens is 1. The van der Waals surface area contributed by atoms with Crippen LogP contribution in [0.4, 0.5) is 0 Å². The summed E-state index contributed by atoms with van der Waals surface area (Å²) in [6.07, 6.45) is 7.79. The van der Waals surface area contributed by atoms with Crippen LogP contribution < -0.4 is 0 Å². The quantitative estimate of drug-likeness (QED) is 0.785. The van der Waals surface area contributed by atoms with Crippen molar-refractivity contribution in [2.45, 2.75) is 64.8 Å². The first-order chi connectivity index (χ1) is 11.6. The number of aryl methyl sites for hydroxylation is 1. The van der Waals surface area contributed by atoms with E-state index in [0.29, 0.717) is 12.6 Å². The Morgan fingerprint density at radius 2 is 1.83 bits per heavy atom. The molecule has 1 aliphatic heterocycles. The zero-order valence-corrected chi connectivity index (χ0v) is 15.1. The van der Waals surface area contributed by atoms with E-state index >= 15 is 0 Å². The fraction of sp³-hybridized carbons (Fsp3) is 0.700. The molecule has 4 heteroatoms. The lowest BCUT2D eigenvalue weighted by molar-refractivity contribution is 0.0915. The van der Waals surface area contributed by atoms with Crippen LogP contribution in [-0.4, -0.2) is 34.9 Å². The molecule has 4 nitrogen and oxygen atoms in total. The van der Waals surface area contributed by atoms with Crippen molar-refractivity contribution in [1.29, 1.82) is 5.26 Å². The number of carbonyl (C=O) groups is 1. The van der Waals surface area contributed by atoms with Crippen LogP contribution in [0.25, 0.3) is 0 Å². The molecule has 2 heterocycles. The number of Topliss-reactive ketones (excluding diaryl/α,β-unsaturated/α-hetero) is 1. The van der Waals surface area contributed by atoms with Gasteiger partial charge in [0.1, 0.15) is 0 Å². The Morgan fingerprint density at radius 3 is 2.46 bits per heavy atom. The Bertz CT molecular complexity index is 626. The van der Waals surface area contributed by atoms with Crippen LogP contribution in [0.3, 0.4) is 0 Å². The van der Waals surface area contributed by atoms with Crippen molar-refractivity contribution in [2.24, 2.45) is 5.92 Å². The number of hydrogen-bond acceptors (Lipinski definition) is 3. The van der Waals surface area contributed by atoms with E-state index < -0.39 is 0 Å². The second-order valence-corrected chi connectivity index (χ2v) is 7.55. The SMILES string of the molecule is Cc1cc(C(=O)CN2CCCCC2)c(C)n1[C@H]1CC[C@H](C#N)CC1. The predicted octanol–water partition coefficient (Wildman–Crippen LogP) is 4.03. The van der Waals surface area contributed by atoms with Gasteiger partial charge in [-0.15, -0.1) is 0 Å². The molecular formula is C20H29N3O. The lowest BCUT2D eigenvalue weighted by Gasteiger charge is -2.29. The number of carbonyl (C=O) groups excluding carboxylic acids is 1. The van der Waals surface area contributed by atoms with Gasteiger partial charge in [0.05, 0.1) is 12.6 Å². The summed E-state index contributed by atoms with van der Waals surface area (Å²) in [5.41, 5.74) is 3.21. The highest BCUT2D eigenvalue weighted by Gasteiger charge is 2.26. The summed E-state index contributed by atoms with van der Waals surface area (Å²) < 4.78 is 2.36. The number of likely N-dealkylation sites (tertiary alicyclic amines) is 1. The molecule has 0 radical (unpaired) electrons. The van der Waals surface area contributed by atoms with Gasteiger partial charge in [-0.3, -0.25) is 9.69 Å². The van der Waals surface area contributed by atoms with E-state index in [1.807, 2.05) is 0 Å². The second-order valence-electron chi connectivity index (χ2n) is 7.55. The second kappa shape index (κ2) is 7.53. The molecule has 0 spiro atoms. The fourth-order valence-electron chi connectivity index (χ4n) is 4.49. The molecule has 1 aromatic rings.